The lowest BCUT2D eigenvalue weighted by atomic mass is 10.2. The molecular formula is C18H25ClN4O2S2. The lowest BCUT2D eigenvalue weighted by Gasteiger charge is -2.15. The molecule has 1 fully saturated rings. The van der Waals surface area contributed by atoms with Crippen LogP contribution >= 0.6 is 35.5 Å². The number of nitrogens with two attached hydrogens (primary N) is 1. The SMILES string of the molecule is Cl.NCC(NC(=O)CCSCc1nc2sc3c(c2c(=O)[nH]1)CCC3)C1CC1. The molecule has 0 saturated heterocycles. The Hall–Kier alpha value is -1.09. The first-order chi connectivity index (χ1) is 12.7. The van der Waals surface area contributed by atoms with Gasteiger partial charge in [-0.3, -0.25) is 9.59 Å². The predicted molar refractivity (Wildman–Crippen MR) is 114 cm³/mol. The van der Waals surface area contributed by atoms with Gasteiger partial charge < -0.3 is 16.0 Å². The minimum absolute atomic E-state index is 0. The molecule has 1 amide bonds. The van der Waals surface area contributed by atoms with E-state index in [-0.39, 0.29) is 29.9 Å². The summed E-state index contributed by atoms with van der Waals surface area (Å²) in [6.45, 7) is 0.513. The highest BCUT2D eigenvalue weighted by atomic mass is 35.5. The summed E-state index contributed by atoms with van der Waals surface area (Å²) in [5.74, 6) is 2.66. The highest BCUT2D eigenvalue weighted by Gasteiger charge is 2.31. The van der Waals surface area contributed by atoms with E-state index < -0.39 is 0 Å². The average molecular weight is 429 g/mol. The van der Waals surface area contributed by atoms with E-state index in [1.807, 2.05) is 0 Å². The fourth-order valence-electron chi connectivity index (χ4n) is 3.60. The molecule has 0 aliphatic heterocycles. The average Bonchev–Trinajstić information content (AvgIpc) is 3.26. The van der Waals surface area contributed by atoms with E-state index in [9.17, 15) is 9.59 Å². The zero-order valence-corrected chi connectivity index (χ0v) is 17.5. The molecule has 2 aromatic heterocycles. The Morgan fingerprint density at radius 3 is 2.96 bits per heavy atom. The quantitative estimate of drug-likeness (QED) is 0.560. The molecule has 0 radical (unpaired) electrons. The van der Waals surface area contributed by atoms with Crippen LogP contribution in [0.25, 0.3) is 10.2 Å². The van der Waals surface area contributed by atoms with Crippen LogP contribution in [-0.2, 0) is 23.4 Å². The molecule has 2 aliphatic rings. The van der Waals surface area contributed by atoms with Crippen molar-refractivity contribution in [2.24, 2.45) is 11.7 Å². The maximum atomic E-state index is 12.4. The zero-order chi connectivity index (χ0) is 18.1. The number of halogens is 1. The molecule has 1 atom stereocenters. The van der Waals surface area contributed by atoms with Crippen LogP contribution < -0.4 is 16.6 Å². The number of thioether (sulfide) groups is 1. The number of carbonyl (C=O) groups is 1. The predicted octanol–water partition coefficient (Wildman–Crippen LogP) is 2.37. The molecule has 27 heavy (non-hydrogen) atoms. The monoisotopic (exact) mass is 428 g/mol. The normalized spacial score (nSPS) is 16.8. The summed E-state index contributed by atoms with van der Waals surface area (Å²) in [4.78, 5) is 34.2. The van der Waals surface area contributed by atoms with Crippen LogP contribution in [0.15, 0.2) is 4.79 Å². The van der Waals surface area contributed by atoms with Crippen LogP contribution in [0.5, 0.6) is 0 Å². The molecule has 0 aromatic carbocycles. The van der Waals surface area contributed by atoms with Gasteiger partial charge in [0.2, 0.25) is 5.91 Å². The number of aryl methyl sites for hydroxylation is 2. The molecular weight excluding hydrogens is 404 g/mol. The Bertz CT molecular complexity index is 878. The van der Waals surface area contributed by atoms with Gasteiger partial charge in [-0.1, -0.05) is 0 Å². The van der Waals surface area contributed by atoms with Gasteiger partial charge in [0.25, 0.3) is 5.56 Å². The van der Waals surface area contributed by atoms with Gasteiger partial charge in [0.15, 0.2) is 0 Å². The number of nitrogens with zero attached hydrogens (tertiary/aromatic N) is 1. The summed E-state index contributed by atoms with van der Waals surface area (Å²) in [6.07, 6.45) is 6.01. The molecule has 9 heteroatoms. The summed E-state index contributed by atoms with van der Waals surface area (Å²) in [5, 5.41) is 3.83. The number of aromatic amines is 1. The number of aromatic nitrogens is 2. The Kier molecular flexibility index (Phi) is 6.83. The van der Waals surface area contributed by atoms with Crippen LogP contribution in [0.4, 0.5) is 0 Å². The maximum absolute atomic E-state index is 12.4. The third-order valence-corrected chi connectivity index (χ3v) is 7.28. The van der Waals surface area contributed by atoms with Gasteiger partial charge in [-0.25, -0.2) is 4.98 Å². The number of hydrogen-bond acceptors (Lipinski definition) is 6. The smallest absolute Gasteiger partial charge is 0.259 e. The van der Waals surface area contributed by atoms with Gasteiger partial charge in [-0.15, -0.1) is 23.7 Å². The van der Waals surface area contributed by atoms with Gasteiger partial charge in [0, 0.05) is 29.6 Å². The number of hydrogen-bond donors (Lipinski definition) is 3. The van der Waals surface area contributed by atoms with Crippen LogP contribution in [-0.4, -0.2) is 34.2 Å². The number of rotatable bonds is 8. The number of amides is 1. The van der Waals surface area contributed by atoms with E-state index in [2.05, 4.69) is 15.3 Å². The topological polar surface area (TPSA) is 101 Å². The first-order valence-electron chi connectivity index (χ1n) is 9.26. The highest BCUT2D eigenvalue weighted by molar-refractivity contribution is 7.98. The van der Waals surface area contributed by atoms with Crippen molar-refractivity contribution in [2.45, 2.75) is 50.3 Å². The lowest BCUT2D eigenvalue weighted by molar-refractivity contribution is -0.121. The van der Waals surface area contributed by atoms with E-state index in [4.69, 9.17) is 5.73 Å². The van der Waals surface area contributed by atoms with Crippen molar-refractivity contribution in [1.29, 1.82) is 0 Å². The van der Waals surface area contributed by atoms with Gasteiger partial charge >= 0.3 is 0 Å². The number of carbonyl (C=O) groups excluding carboxylic acids is 1. The van der Waals surface area contributed by atoms with Crippen molar-refractivity contribution in [3.8, 4) is 0 Å². The first-order valence-corrected chi connectivity index (χ1v) is 11.2. The molecule has 1 saturated carbocycles. The fourth-order valence-corrected chi connectivity index (χ4v) is 5.68. The van der Waals surface area contributed by atoms with E-state index >= 15 is 0 Å². The molecule has 1 unspecified atom stereocenters. The first kappa shape index (κ1) is 20.6. The number of nitrogens with one attached hydrogen (secondary N) is 2. The van der Waals surface area contributed by atoms with E-state index in [1.54, 1.807) is 23.1 Å². The molecule has 2 aromatic rings. The Morgan fingerprint density at radius 1 is 1.41 bits per heavy atom. The van der Waals surface area contributed by atoms with Crippen LogP contribution in [0.1, 0.15) is 41.9 Å². The third kappa shape index (κ3) is 4.67. The van der Waals surface area contributed by atoms with Crippen molar-refractivity contribution in [1.82, 2.24) is 15.3 Å². The molecule has 4 rings (SSSR count). The van der Waals surface area contributed by atoms with Gasteiger partial charge in [-0.05, 0) is 43.6 Å². The summed E-state index contributed by atoms with van der Waals surface area (Å²) in [6, 6.07) is 0.133. The van der Waals surface area contributed by atoms with Crippen molar-refractivity contribution in [3.05, 3.63) is 26.6 Å². The Balaban J connectivity index is 0.00000210. The largest absolute Gasteiger partial charge is 0.352 e. The number of H-pyrrole nitrogens is 1. The van der Waals surface area contributed by atoms with Crippen molar-refractivity contribution >= 4 is 51.6 Å². The van der Waals surface area contributed by atoms with E-state index in [0.717, 1.165) is 29.5 Å². The minimum Gasteiger partial charge on any atom is -0.352 e. The van der Waals surface area contributed by atoms with Crippen molar-refractivity contribution in [3.63, 3.8) is 0 Å². The molecule has 6 nitrogen and oxygen atoms in total. The minimum atomic E-state index is -0.0158. The fraction of sp³-hybridized carbons (Fsp3) is 0.611. The molecule has 148 valence electrons. The van der Waals surface area contributed by atoms with Gasteiger partial charge in [0.1, 0.15) is 10.7 Å². The second-order valence-corrected chi connectivity index (χ2v) is 9.29. The Morgan fingerprint density at radius 2 is 2.22 bits per heavy atom. The molecule has 0 spiro atoms. The van der Waals surface area contributed by atoms with Crippen LogP contribution in [0, 0.1) is 5.92 Å². The third-order valence-electron chi connectivity index (χ3n) is 5.13. The van der Waals surface area contributed by atoms with E-state index in [0.29, 0.717) is 36.2 Å². The molecule has 4 N–H and O–H groups in total. The summed E-state index contributed by atoms with van der Waals surface area (Å²) in [5.41, 5.74) is 6.91. The van der Waals surface area contributed by atoms with Crippen LogP contribution in [0.3, 0.4) is 0 Å². The summed E-state index contributed by atoms with van der Waals surface area (Å²) >= 11 is 3.28. The summed E-state index contributed by atoms with van der Waals surface area (Å²) in [7, 11) is 0. The lowest BCUT2D eigenvalue weighted by Crippen LogP contribution is -2.41. The van der Waals surface area contributed by atoms with Crippen molar-refractivity contribution < 1.29 is 4.79 Å². The second-order valence-electron chi connectivity index (χ2n) is 7.10. The molecule has 2 heterocycles. The standard InChI is InChI=1S/C18H24N4O2S2.ClH/c19-8-12(10-4-5-10)20-15(23)6-7-25-9-14-21-17(24)16-11-2-1-3-13(11)26-18(16)22-14;/h10,12H,1-9,19H2,(H,20,23)(H,21,22,24);1H. The zero-order valence-electron chi connectivity index (χ0n) is 15.1. The molecule has 2 aliphatic carbocycles. The van der Waals surface area contributed by atoms with Gasteiger partial charge in [0.05, 0.1) is 11.1 Å². The maximum Gasteiger partial charge on any atom is 0.259 e. The van der Waals surface area contributed by atoms with Gasteiger partial charge in [-0.2, -0.15) is 11.8 Å². The van der Waals surface area contributed by atoms with Crippen molar-refractivity contribution in [2.75, 3.05) is 12.3 Å². The number of thiophene rings is 1. The Labute approximate surface area is 172 Å². The second kappa shape index (κ2) is 8.94. The highest BCUT2D eigenvalue weighted by Crippen LogP contribution is 2.34. The van der Waals surface area contributed by atoms with E-state index in [1.165, 1.54) is 23.3 Å². The molecule has 0 bridgehead atoms. The number of fused-ring (bicyclic) bond motifs is 3. The summed E-state index contributed by atoms with van der Waals surface area (Å²) < 4.78 is 0. The van der Waals surface area contributed by atoms with Crippen LogP contribution in [0.2, 0.25) is 0 Å².